The van der Waals surface area contributed by atoms with Gasteiger partial charge in [0.25, 0.3) is 0 Å². The van der Waals surface area contributed by atoms with Crippen LogP contribution in [0.5, 0.6) is 0 Å². The van der Waals surface area contributed by atoms with E-state index in [1.807, 2.05) is 0 Å². The van der Waals surface area contributed by atoms with Crippen molar-refractivity contribution in [3.63, 3.8) is 0 Å². The molecule has 1 heterocycles. The number of nitrogens with two attached hydrogens (primary N) is 1. The first-order valence-corrected chi connectivity index (χ1v) is 5.96. The summed E-state index contributed by atoms with van der Waals surface area (Å²) in [7, 11) is 1.60. The van der Waals surface area contributed by atoms with Crippen LogP contribution in [0.1, 0.15) is 19.8 Å². The van der Waals surface area contributed by atoms with Gasteiger partial charge in [-0.3, -0.25) is 4.79 Å². The summed E-state index contributed by atoms with van der Waals surface area (Å²) < 4.78 is 10.7. The second kappa shape index (κ2) is 6.55. The lowest BCUT2D eigenvalue weighted by molar-refractivity contribution is -0.124. The maximum absolute atomic E-state index is 11.9. The number of carbonyl (C=O) groups excluding carboxylic acids is 1. The molecule has 0 aliphatic carbocycles. The van der Waals surface area contributed by atoms with Crippen molar-refractivity contribution >= 4 is 11.7 Å². The van der Waals surface area contributed by atoms with Gasteiger partial charge in [0, 0.05) is 26.7 Å². The third-order valence-corrected chi connectivity index (χ3v) is 3.28. The lowest BCUT2D eigenvalue weighted by atomic mass is 10.0. The molecular formula is C11H21N3O4. The number of amidine groups is 1. The minimum absolute atomic E-state index is 0.0795. The molecule has 1 saturated heterocycles. The molecule has 1 rings (SSSR count). The number of hydrogen-bond donors (Lipinski definition) is 3. The van der Waals surface area contributed by atoms with E-state index in [1.54, 1.807) is 14.0 Å². The molecule has 0 saturated carbocycles. The molecule has 0 radical (unpaired) electrons. The Labute approximate surface area is 106 Å². The number of rotatable bonds is 6. The van der Waals surface area contributed by atoms with E-state index in [0.29, 0.717) is 26.2 Å². The highest BCUT2D eigenvalue weighted by Gasteiger charge is 2.36. The van der Waals surface area contributed by atoms with Crippen LogP contribution in [0.25, 0.3) is 0 Å². The van der Waals surface area contributed by atoms with Gasteiger partial charge in [-0.25, -0.2) is 0 Å². The van der Waals surface area contributed by atoms with Crippen LogP contribution in [0.4, 0.5) is 0 Å². The highest BCUT2D eigenvalue weighted by molar-refractivity contribution is 6.01. The minimum Gasteiger partial charge on any atom is -0.409 e. The standard InChI is InChI=1S/C11H21N3O4/c1-3-8(9(12)14-16)10(15)13-6-11(17-2)4-5-18-7-11/h8,16H,3-7H2,1-2H3,(H2,12,14)(H,13,15). The number of ether oxygens (including phenoxy) is 2. The Balaban J connectivity index is 2.54. The van der Waals surface area contributed by atoms with Crippen molar-refractivity contribution in [3.8, 4) is 0 Å². The van der Waals surface area contributed by atoms with E-state index < -0.39 is 11.5 Å². The summed E-state index contributed by atoms with van der Waals surface area (Å²) in [6, 6.07) is 0. The monoisotopic (exact) mass is 259 g/mol. The molecule has 0 spiro atoms. The minimum atomic E-state index is -0.619. The van der Waals surface area contributed by atoms with E-state index in [-0.39, 0.29) is 11.7 Å². The number of oxime groups is 1. The molecule has 2 atom stereocenters. The van der Waals surface area contributed by atoms with Crippen LogP contribution in [0.15, 0.2) is 5.16 Å². The summed E-state index contributed by atoms with van der Waals surface area (Å²) >= 11 is 0. The van der Waals surface area contributed by atoms with Crippen molar-refractivity contribution < 1.29 is 19.5 Å². The van der Waals surface area contributed by atoms with Crippen molar-refractivity contribution in [1.29, 1.82) is 0 Å². The van der Waals surface area contributed by atoms with Crippen molar-refractivity contribution in [2.24, 2.45) is 16.8 Å². The fraction of sp³-hybridized carbons (Fsp3) is 0.818. The van der Waals surface area contributed by atoms with Gasteiger partial charge in [0.1, 0.15) is 5.60 Å². The SMILES string of the molecule is CCC(C(=O)NCC1(OC)CCOC1)C(N)=NO. The molecule has 0 aromatic heterocycles. The number of carbonyl (C=O) groups is 1. The summed E-state index contributed by atoms with van der Waals surface area (Å²) in [4.78, 5) is 11.9. The summed E-state index contributed by atoms with van der Waals surface area (Å²) in [5.41, 5.74) is 5.00. The van der Waals surface area contributed by atoms with Crippen LogP contribution in [-0.4, -0.2) is 49.4 Å². The zero-order valence-corrected chi connectivity index (χ0v) is 10.8. The van der Waals surface area contributed by atoms with E-state index in [1.165, 1.54) is 0 Å². The van der Waals surface area contributed by atoms with Crippen LogP contribution in [0.2, 0.25) is 0 Å². The van der Waals surface area contributed by atoms with Crippen molar-refractivity contribution in [3.05, 3.63) is 0 Å². The Hall–Kier alpha value is -1.34. The molecule has 7 heteroatoms. The van der Waals surface area contributed by atoms with Crippen molar-refractivity contribution in [2.45, 2.75) is 25.4 Å². The maximum Gasteiger partial charge on any atom is 0.230 e. The molecule has 4 N–H and O–H groups in total. The average Bonchev–Trinajstić information content (AvgIpc) is 2.86. The molecule has 0 aromatic carbocycles. The highest BCUT2D eigenvalue weighted by Crippen LogP contribution is 2.21. The van der Waals surface area contributed by atoms with Gasteiger partial charge in [-0.05, 0) is 6.42 Å². The lowest BCUT2D eigenvalue weighted by Gasteiger charge is -2.26. The first-order valence-electron chi connectivity index (χ1n) is 5.96. The molecule has 1 amide bonds. The number of methoxy groups -OCH3 is 1. The first kappa shape index (κ1) is 14.7. The molecular weight excluding hydrogens is 238 g/mol. The molecule has 0 bridgehead atoms. The number of nitrogens with one attached hydrogen (secondary N) is 1. The van der Waals surface area contributed by atoms with E-state index in [9.17, 15) is 4.79 Å². The Kier molecular flexibility index (Phi) is 5.36. The van der Waals surface area contributed by atoms with E-state index in [0.717, 1.165) is 6.42 Å². The van der Waals surface area contributed by atoms with Gasteiger partial charge in [-0.1, -0.05) is 12.1 Å². The Morgan fingerprint density at radius 3 is 2.89 bits per heavy atom. The lowest BCUT2D eigenvalue weighted by Crippen LogP contribution is -2.48. The van der Waals surface area contributed by atoms with E-state index >= 15 is 0 Å². The average molecular weight is 259 g/mol. The summed E-state index contributed by atoms with van der Waals surface area (Å²) in [5.74, 6) is -0.966. The van der Waals surface area contributed by atoms with Crippen LogP contribution in [0.3, 0.4) is 0 Å². The van der Waals surface area contributed by atoms with Crippen LogP contribution < -0.4 is 11.1 Å². The van der Waals surface area contributed by atoms with E-state index in [4.69, 9.17) is 20.4 Å². The van der Waals surface area contributed by atoms with Gasteiger partial charge in [0.15, 0.2) is 5.84 Å². The van der Waals surface area contributed by atoms with Crippen molar-refractivity contribution in [2.75, 3.05) is 26.9 Å². The Morgan fingerprint density at radius 2 is 2.44 bits per heavy atom. The molecule has 104 valence electrons. The fourth-order valence-corrected chi connectivity index (χ4v) is 1.93. The predicted molar refractivity (Wildman–Crippen MR) is 65.4 cm³/mol. The number of nitrogens with zero attached hydrogens (tertiary/aromatic N) is 1. The quantitative estimate of drug-likeness (QED) is 0.262. The molecule has 1 aliphatic rings. The third-order valence-electron chi connectivity index (χ3n) is 3.28. The van der Waals surface area contributed by atoms with Gasteiger partial charge in [0.2, 0.25) is 5.91 Å². The van der Waals surface area contributed by atoms with Crippen LogP contribution >= 0.6 is 0 Å². The second-order valence-electron chi connectivity index (χ2n) is 4.39. The first-order chi connectivity index (χ1) is 8.58. The van der Waals surface area contributed by atoms with Gasteiger partial charge < -0.3 is 25.7 Å². The highest BCUT2D eigenvalue weighted by atomic mass is 16.5. The zero-order chi connectivity index (χ0) is 13.6. The third kappa shape index (κ3) is 3.33. The molecule has 2 unspecified atom stereocenters. The number of hydrogen-bond acceptors (Lipinski definition) is 5. The number of amides is 1. The molecule has 7 nitrogen and oxygen atoms in total. The van der Waals surface area contributed by atoms with E-state index in [2.05, 4.69) is 10.5 Å². The van der Waals surface area contributed by atoms with Crippen molar-refractivity contribution in [1.82, 2.24) is 5.32 Å². The predicted octanol–water partition coefficient (Wildman–Crippen LogP) is -0.319. The van der Waals surface area contributed by atoms with Gasteiger partial charge in [0.05, 0.1) is 12.5 Å². The Bertz CT molecular complexity index is 313. The smallest absolute Gasteiger partial charge is 0.230 e. The van der Waals surface area contributed by atoms with Crippen LogP contribution in [-0.2, 0) is 14.3 Å². The maximum atomic E-state index is 11.9. The van der Waals surface area contributed by atoms with Crippen LogP contribution in [0, 0.1) is 5.92 Å². The summed E-state index contributed by atoms with van der Waals surface area (Å²) in [5, 5.41) is 14.2. The molecule has 1 fully saturated rings. The fourth-order valence-electron chi connectivity index (χ4n) is 1.93. The largest absolute Gasteiger partial charge is 0.409 e. The zero-order valence-electron chi connectivity index (χ0n) is 10.8. The molecule has 0 aromatic rings. The molecule has 1 aliphatic heterocycles. The normalized spacial score (nSPS) is 26.0. The topological polar surface area (TPSA) is 106 Å². The summed E-state index contributed by atoms with van der Waals surface area (Å²) in [6.45, 7) is 3.25. The second-order valence-corrected chi connectivity index (χ2v) is 4.39. The Morgan fingerprint density at radius 1 is 1.72 bits per heavy atom. The molecule has 18 heavy (non-hydrogen) atoms. The van der Waals surface area contributed by atoms with Gasteiger partial charge >= 0.3 is 0 Å². The van der Waals surface area contributed by atoms with Gasteiger partial charge in [-0.2, -0.15) is 0 Å². The summed E-state index contributed by atoms with van der Waals surface area (Å²) in [6.07, 6.45) is 1.21. The van der Waals surface area contributed by atoms with Gasteiger partial charge in [-0.15, -0.1) is 0 Å².